The van der Waals surface area contributed by atoms with E-state index in [0.717, 1.165) is 55.4 Å². The average molecular weight is 589 g/mol. The summed E-state index contributed by atoms with van der Waals surface area (Å²) >= 11 is 0. The maximum atomic E-state index is 15.0. The standard InChI is InChI=1S/C32H33FN4O4S/c1-22-10-12-24(13-11-22)42(38,39)41-30-25-14-19-36(28-9-3-7-23-6-2-8-26(33)29(23)28)20-27(25)34-31(35-30)40-21-32-15-4-17-37(32)18-5-16-32/h2-3,6-13H,4-5,14-21H2,1H3. The third-order valence-electron chi connectivity index (χ3n) is 8.96. The molecular formula is C32H33FN4O4S. The zero-order valence-corrected chi connectivity index (χ0v) is 24.4. The van der Waals surface area contributed by atoms with E-state index in [2.05, 4.69) is 14.8 Å². The number of nitrogens with zero attached hydrogens (tertiary/aromatic N) is 4. The second kappa shape index (κ2) is 10.5. The molecule has 4 aromatic rings. The topological polar surface area (TPSA) is 84.9 Å². The minimum atomic E-state index is -4.14. The molecule has 1 aromatic heterocycles. The van der Waals surface area contributed by atoms with Gasteiger partial charge in [-0.15, -0.1) is 0 Å². The Bertz CT molecular complexity index is 1750. The van der Waals surface area contributed by atoms with Crippen molar-refractivity contribution in [3.8, 4) is 11.9 Å². The third-order valence-corrected chi connectivity index (χ3v) is 10.2. The summed E-state index contributed by atoms with van der Waals surface area (Å²) in [7, 11) is -4.14. The maximum absolute atomic E-state index is 15.0. The number of hydrogen-bond acceptors (Lipinski definition) is 8. The van der Waals surface area contributed by atoms with Crippen molar-refractivity contribution < 1.29 is 21.7 Å². The number of aromatic nitrogens is 2. The van der Waals surface area contributed by atoms with Gasteiger partial charge in [-0.25, -0.2) is 4.39 Å². The lowest BCUT2D eigenvalue weighted by molar-refractivity contribution is 0.107. The lowest BCUT2D eigenvalue weighted by Gasteiger charge is -2.33. The van der Waals surface area contributed by atoms with E-state index in [0.29, 0.717) is 42.8 Å². The Morgan fingerprint density at radius 2 is 1.69 bits per heavy atom. The molecule has 4 heterocycles. The van der Waals surface area contributed by atoms with E-state index in [1.165, 1.54) is 18.2 Å². The summed E-state index contributed by atoms with van der Waals surface area (Å²) < 4.78 is 53.6. The Morgan fingerprint density at radius 3 is 2.45 bits per heavy atom. The molecule has 42 heavy (non-hydrogen) atoms. The number of ether oxygens (including phenoxy) is 1. The van der Waals surface area contributed by atoms with Crippen LogP contribution in [0, 0.1) is 12.7 Å². The molecule has 2 fully saturated rings. The molecule has 3 aromatic carbocycles. The van der Waals surface area contributed by atoms with Crippen LogP contribution in [0.2, 0.25) is 0 Å². The Labute approximate surface area is 245 Å². The van der Waals surface area contributed by atoms with Gasteiger partial charge in [-0.2, -0.15) is 18.4 Å². The predicted octanol–water partition coefficient (Wildman–Crippen LogP) is 5.41. The van der Waals surface area contributed by atoms with Crippen molar-refractivity contribution >= 4 is 26.6 Å². The molecule has 2 saturated heterocycles. The van der Waals surface area contributed by atoms with E-state index in [4.69, 9.17) is 13.9 Å². The number of hydrogen-bond donors (Lipinski definition) is 0. The first-order valence-corrected chi connectivity index (χ1v) is 15.9. The van der Waals surface area contributed by atoms with E-state index in [9.17, 15) is 12.8 Å². The van der Waals surface area contributed by atoms with Crippen molar-refractivity contribution in [3.05, 3.63) is 83.3 Å². The molecule has 0 amide bonds. The fraction of sp³-hybridized carbons (Fsp3) is 0.375. The number of rotatable bonds is 7. The number of fused-ring (bicyclic) bond motifs is 3. The molecule has 0 unspecified atom stereocenters. The molecule has 0 saturated carbocycles. The highest BCUT2D eigenvalue weighted by atomic mass is 32.2. The summed E-state index contributed by atoms with van der Waals surface area (Å²) in [6.07, 6.45) is 4.81. The van der Waals surface area contributed by atoms with Crippen LogP contribution in [-0.4, -0.2) is 55.1 Å². The highest BCUT2D eigenvalue weighted by Gasteiger charge is 2.45. The smallest absolute Gasteiger partial charge is 0.340 e. The van der Waals surface area contributed by atoms with Gasteiger partial charge in [-0.05, 0) is 81.8 Å². The maximum Gasteiger partial charge on any atom is 0.340 e. The second-order valence-corrected chi connectivity index (χ2v) is 13.1. The summed E-state index contributed by atoms with van der Waals surface area (Å²) in [6, 6.07) is 17.4. The summed E-state index contributed by atoms with van der Waals surface area (Å²) in [6.45, 7) is 5.31. The van der Waals surface area contributed by atoms with Crippen molar-refractivity contribution in [2.24, 2.45) is 0 Å². The number of benzene rings is 3. The highest BCUT2D eigenvalue weighted by Crippen LogP contribution is 2.40. The van der Waals surface area contributed by atoms with Gasteiger partial charge in [0.25, 0.3) is 0 Å². The molecule has 0 N–H and O–H groups in total. The van der Waals surface area contributed by atoms with Crippen LogP contribution in [0.25, 0.3) is 10.8 Å². The zero-order valence-electron chi connectivity index (χ0n) is 23.6. The molecule has 0 atom stereocenters. The fourth-order valence-electron chi connectivity index (χ4n) is 6.77. The average Bonchev–Trinajstić information content (AvgIpc) is 3.56. The molecule has 0 bridgehead atoms. The van der Waals surface area contributed by atoms with Crippen LogP contribution in [0.4, 0.5) is 10.1 Å². The van der Waals surface area contributed by atoms with Crippen LogP contribution >= 0.6 is 0 Å². The van der Waals surface area contributed by atoms with Crippen LogP contribution in [0.3, 0.4) is 0 Å². The molecule has 3 aliphatic heterocycles. The molecule has 10 heteroatoms. The van der Waals surface area contributed by atoms with E-state index in [1.54, 1.807) is 18.2 Å². The third kappa shape index (κ3) is 4.86. The van der Waals surface area contributed by atoms with E-state index < -0.39 is 10.1 Å². The summed E-state index contributed by atoms with van der Waals surface area (Å²) in [5, 5.41) is 1.37. The number of halogens is 1. The van der Waals surface area contributed by atoms with Gasteiger partial charge < -0.3 is 13.8 Å². The van der Waals surface area contributed by atoms with Crippen molar-refractivity contribution in [1.29, 1.82) is 0 Å². The quantitative estimate of drug-likeness (QED) is 0.265. The minimum Gasteiger partial charge on any atom is -0.461 e. The summed E-state index contributed by atoms with van der Waals surface area (Å²) in [5.41, 5.74) is 2.91. The van der Waals surface area contributed by atoms with Gasteiger partial charge in [0.2, 0.25) is 5.88 Å². The number of anilines is 1. The first kappa shape index (κ1) is 27.1. The van der Waals surface area contributed by atoms with Crippen LogP contribution < -0.4 is 13.8 Å². The normalized spacial score (nSPS) is 18.2. The number of aryl methyl sites for hydroxylation is 1. The molecule has 8 nitrogen and oxygen atoms in total. The Hall–Kier alpha value is -3.76. The second-order valence-electron chi connectivity index (χ2n) is 11.6. The minimum absolute atomic E-state index is 0.00785. The van der Waals surface area contributed by atoms with Gasteiger partial charge in [0, 0.05) is 23.2 Å². The van der Waals surface area contributed by atoms with Gasteiger partial charge in [-0.3, -0.25) is 4.90 Å². The molecule has 7 rings (SSSR count). The van der Waals surface area contributed by atoms with Crippen molar-refractivity contribution in [1.82, 2.24) is 14.9 Å². The van der Waals surface area contributed by atoms with Crippen molar-refractivity contribution in [3.63, 3.8) is 0 Å². The van der Waals surface area contributed by atoms with E-state index >= 15 is 0 Å². The van der Waals surface area contributed by atoms with Gasteiger partial charge >= 0.3 is 16.1 Å². The fourth-order valence-corrected chi connectivity index (χ4v) is 7.68. The van der Waals surface area contributed by atoms with E-state index in [-0.39, 0.29) is 28.1 Å². The Morgan fingerprint density at radius 1 is 0.952 bits per heavy atom. The van der Waals surface area contributed by atoms with Gasteiger partial charge in [0.05, 0.1) is 17.8 Å². The summed E-state index contributed by atoms with van der Waals surface area (Å²) in [5.74, 6) is -0.294. The van der Waals surface area contributed by atoms with E-state index in [1.807, 2.05) is 31.2 Å². The van der Waals surface area contributed by atoms with Crippen molar-refractivity contribution in [2.75, 3.05) is 31.1 Å². The lowest BCUT2D eigenvalue weighted by Crippen LogP contribution is -2.43. The lowest BCUT2D eigenvalue weighted by atomic mass is 9.95. The molecule has 218 valence electrons. The largest absolute Gasteiger partial charge is 0.461 e. The van der Waals surface area contributed by atoms with Gasteiger partial charge in [0.1, 0.15) is 17.3 Å². The Kier molecular flexibility index (Phi) is 6.78. The van der Waals surface area contributed by atoms with Crippen LogP contribution in [0.5, 0.6) is 11.9 Å². The molecule has 0 spiro atoms. The SMILES string of the molecule is Cc1ccc(S(=O)(=O)Oc2nc(OCC34CCCN3CCC4)nc3c2CCN(c2cccc4cccc(F)c24)C3)cc1. The first-order valence-electron chi connectivity index (χ1n) is 14.5. The van der Waals surface area contributed by atoms with Gasteiger partial charge in [0.15, 0.2) is 0 Å². The molecule has 3 aliphatic rings. The van der Waals surface area contributed by atoms with Crippen LogP contribution in [0.15, 0.2) is 65.6 Å². The predicted molar refractivity (Wildman–Crippen MR) is 158 cm³/mol. The van der Waals surface area contributed by atoms with Gasteiger partial charge in [-0.1, -0.05) is 42.0 Å². The Balaban J connectivity index is 1.25. The molecule has 0 radical (unpaired) electrons. The molecule has 0 aliphatic carbocycles. The van der Waals surface area contributed by atoms with Crippen molar-refractivity contribution in [2.45, 2.75) is 56.0 Å². The van der Waals surface area contributed by atoms with Crippen LogP contribution in [-0.2, 0) is 23.1 Å². The highest BCUT2D eigenvalue weighted by molar-refractivity contribution is 7.87. The monoisotopic (exact) mass is 588 g/mol. The molecular weight excluding hydrogens is 555 g/mol. The van der Waals surface area contributed by atoms with Crippen LogP contribution in [0.1, 0.15) is 42.5 Å². The summed E-state index contributed by atoms with van der Waals surface area (Å²) in [4.78, 5) is 13.9. The zero-order chi connectivity index (χ0) is 28.9. The first-order chi connectivity index (χ1) is 20.3.